The summed E-state index contributed by atoms with van der Waals surface area (Å²) in [6.45, 7) is 1.41. The van der Waals surface area contributed by atoms with E-state index < -0.39 is 34.3 Å². The van der Waals surface area contributed by atoms with Crippen molar-refractivity contribution in [3.63, 3.8) is 0 Å². The molecule has 10 nitrogen and oxygen atoms in total. The van der Waals surface area contributed by atoms with E-state index in [-0.39, 0.29) is 24.8 Å². The van der Waals surface area contributed by atoms with Crippen molar-refractivity contribution in [2.24, 2.45) is 0 Å². The van der Waals surface area contributed by atoms with Crippen LogP contribution in [0.1, 0.15) is 12.5 Å². The van der Waals surface area contributed by atoms with Crippen molar-refractivity contribution in [3.05, 3.63) is 81.3 Å². The normalized spacial score (nSPS) is 21.0. The van der Waals surface area contributed by atoms with Gasteiger partial charge < -0.3 is 19.7 Å². The van der Waals surface area contributed by atoms with Crippen molar-refractivity contribution in [2.45, 2.75) is 31.0 Å². The number of nitrogens with one attached hydrogen (secondary N) is 1. The highest BCUT2D eigenvalue weighted by Crippen LogP contribution is 2.40. The number of amides is 2. The number of nitro benzene ring substituents is 1. The summed E-state index contributed by atoms with van der Waals surface area (Å²) in [5.41, 5.74) is 1.18. The van der Waals surface area contributed by atoms with Gasteiger partial charge in [0.15, 0.2) is 12.6 Å². The molecule has 4 rings (SSSR count). The zero-order valence-corrected chi connectivity index (χ0v) is 18.9. The topological polar surface area (TPSA) is 128 Å². The van der Waals surface area contributed by atoms with Gasteiger partial charge in [-0.1, -0.05) is 18.2 Å². The van der Waals surface area contributed by atoms with Crippen LogP contribution in [0.4, 0.5) is 5.69 Å². The van der Waals surface area contributed by atoms with Gasteiger partial charge in [-0.15, -0.1) is 11.8 Å². The Bertz CT molecular complexity index is 1140. The Labute approximate surface area is 199 Å². The molecule has 11 heteroatoms. The maximum Gasteiger partial charge on any atom is 0.333 e. The van der Waals surface area contributed by atoms with Crippen LogP contribution in [0.15, 0.2) is 65.6 Å². The number of ether oxygens (including phenoxy) is 2. The zero-order chi connectivity index (χ0) is 24.2. The summed E-state index contributed by atoms with van der Waals surface area (Å²) in [5, 5.41) is 14.8. The summed E-state index contributed by atoms with van der Waals surface area (Å²) < 4.78 is 10.8. The average molecular weight is 484 g/mol. The van der Waals surface area contributed by atoms with E-state index in [4.69, 9.17) is 9.47 Å². The Balaban J connectivity index is 1.33. The molecule has 1 fully saturated rings. The molecule has 0 saturated carbocycles. The number of thioether (sulfide) groups is 1. The molecule has 3 atom stereocenters. The summed E-state index contributed by atoms with van der Waals surface area (Å²) in [4.78, 5) is 49.5. The van der Waals surface area contributed by atoms with Gasteiger partial charge in [0, 0.05) is 12.1 Å². The Kier molecular flexibility index (Phi) is 6.82. The molecule has 2 heterocycles. The first kappa shape index (κ1) is 23.3. The largest absolute Gasteiger partial charge is 0.484 e. The van der Waals surface area contributed by atoms with Gasteiger partial charge in [-0.25, -0.2) is 4.79 Å². The quantitative estimate of drug-likeness (QED) is 0.262. The number of benzene rings is 2. The number of non-ortho nitro benzene ring substituents is 1. The lowest BCUT2D eigenvalue weighted by molar-refractivity contribution is -0.384. The van der Waals surface area contributed by atoms with Crippen LogP contribution in [0.3, 0.4) is 0 Å². The Morgan fingerprint density at radius 1 is 1.15 bits per heavy atom. The summed E-state index contributed by atoms with van der Waals surface area (Å²) in [7, 11) is 0. The Morgan fingerprint density at radius 3 is 2.53 bits per heavy atom. The van der Waals surface area contributed by atoms with Gasteiger partial charge in [-0.2, -0.15) is 0 Å². The molecule has 1 N–H and O–H groups in total. The summed E-state index contributed by atoms with van der Waals surface area (Å²) >= 11 is 1.35. The lowest BCUT2D eigenvalue weighted by Gasteiger charge is -2.51. The van der Waals surface area contributed by atoms with E-state index in [9.17, 15) is 24.5 Å². The van der Waals surface area contributed by atoms with Crippen LogP contribution in [0, 0.1) is 10.1 Å². The van der Waals surface area contributed by atoms with Gasteiger partial charge in [-0.3, -0.25) is 19.7 Å². The van der Waals surface area contributed by atoms with Crippen molar-refractivity contribution < 1.29 is 28.8 Å². The van der Waals surface area contributed by atoms with Crippen molar-refractivity contribution in [2.75, 3.05) is 6.61 Å². The molecule has 176 valence electrons. The first-order valence-corrected chi connectivity index (χ1v) is 11.3. The monoisotopic (exact) mass is 483 g/mol. The lowest BCUT2D eigenvalue weighted by Crippen LogP contribution is -2.74. The highest BCUT2D eigenvalue weighted by Gasteiger charge is 2.55. The third-order valence-electron chi connectivity index (χ3n) is 5.36. The Morgan fingerprint density at radius 2 is 1.85 bits per heavy atom. The molecule has 0 bridgehead atoms. The van der Waals surface area contributed by atoms with Crippen molar-refractivity contribution in [3.8, 4) is 5.75 Å². The van der Waals surface area contributed by atoms with Crippen LogP contribution in [-0.4, -0.2) is 51.7 Å². The van der Waals surface area contributed by atoms with Crippen LogP contribution in [-0.2, 0) is 25.7 Å². The van der Waals surface area contributed by atoms with Crippen molar-refractivity contribution >= 4 is 35.2 Å². The van der Waals surface area contributed by atoms with Gasteiger partial charge in [0.25, 0.3) is 11.6 Å². The first-order valence-electron chi connectivity index (χ1n) is 10.4. The van der Waals surface area contributed by atoms with E-state index in [0.717, 1.165) is 0 Å². The molecule has 0 radical (unpaired) electrons. The van der Waals surface area contributed by atoms with E-state index in [1.54, 1.807) is 36.6 Å². The molecule has 2 amide bonds. The van der Waals surface area contributed by atoms with Crippen molar-refractivity contribution in [1.82, 2.24) is 10.2 Å². The number of carbonyl (C=O) groups is 3. The number of para-hydroxylation sites is 1. The number of esters is 1. The second-order valence-corrected chi connectivity index (χ2v) is 8.71. The summed E-state index contributed by atoms with van der Waals surface area (Å²) in [6.07, 6.45) is 0. The lowest BCUT2D eigenvalue weighted by atomic mass is 9.99. The third-order valence-corrected chi connectivity index (χ3v) is 6.65. The fourth-order valence-corrected chi connectivity index (χ4v) is 4.81. The summed E-state index contributed by atoms with van der Waals surface area (Å²) in [5.74, 6) is -0.884. The van der Waals surface area contributed by atoms with E-state index in [1.807, 2.05) is 6.07 Å². The highest BCUT2D eigenvalue weighted by molar-refractivity contribution is 8.02. The van der Waals surface area contributed by atoms with Crippen molar-refractivity contribution in [1.29, 1.82) is 0 Å². The van der Waals surface area contributed by atoms with Gasteiger partial charge >= 0.3 is 5.97 Å². The maximum atomic E-state index is 12.8. The van der Waals surface area contributed by atoms with E-state index in [0.29, 0.717) is 16.9 Å². The average Bonchev–Trinajstić information content (AvgIpc) is 2.85. The number of nitro groups is 1. The number of rotatable bonds is 8. The molecular formula is C23H21N3O7S. The number of hydrogen-bond acceptors (Lipinski definition) is 8. The predicted octanol–water partition coefficient (Wildman–Crippen LogP) is 2.39. The molecule has 34 heavy (non-hydrogen) atoms. The molecule has 0 spiro atoms. The minimum atomic E-state index is -0.898. The van der Waals surface area contributed by atoms with Crippen LogP contribution >= 0.6 is 11.8 Å². The standard InChI is InChI=1S/C23H21N3O7S/c1-14-13-34-22-19(24-18(27)12-32-17-5-3-2-4-6-17)21(28)25(22)20(14)23(29)33-11-15-7-9-16(10-8-15)26(30)31/h2-10,13,19-20,22H,11-12H2,1H3,(H,24,27). The Hall–Kier alpha value is -3.86. The molecular weight excluding hydrogens is 462 g/mol. The third kappa shape index (κ3) is 4.88. The molecule has 1 saturated heterocycles. The van der Waals surface area contributed by atoms with Crippen LogP contribution in [0.5, 0.6) is 5.75 Å². The van der Waals surface area contributed by atoms with E-state index >= 15 is 0 Å². The van der Waals surface area contributed by atoms with Crippen LogP contribution in [0.25, 0.3) is 0 Å². The number of nitrogens with zero attached hydrogens (tertiary/aromatic N) is 2. The molecule has 3 unspecified atom stereocenters. The number of hydrogen-bond donors (Lipinski definition) is 1. The SMILES string of the molecule is CC1=CSC2C(NC(=O)COc3ccccc3)C(=O)N2C1C(=O)OCc1ccc([N+](=O)[O-])cc1. The number of β-lactam (4-membered cyclic amide) rings is 1. The van der Waals surface area contributed by atoms with Crippen LogP contribution in [0.2, 0.25) is 0 Å². The van der Waals surface area contributed by atoms with E-state index in [2.05, 4.69) is 5.32 Å². The van der Waals surface area contributed by atoms with E-state index in [1.165, 1.54) is 40.9 Å². The second kappa shape index (κ2) is 9.96. The maximum absolute atomic E-state index is 12.8. The smallest absolute Gasteiger partial charge is 0.333 e. The van der Waals surface area contributed by atoms with Gasteiger partial charge in [0.1, 0.15) is 23.8 Å². The zero-order valence-electron chi connectivity index (χ0n) is 18.1. The molecule has 0 aliphatic carbocycles. The molecule has 0 aromatic heterocycles. The van der Waals surface area contributed by atoms with Crippen LogP contribution < -0.4 is 10.1 Å². The number of fused-ring (bicyclic) bond motifs is 1. The fourth-order valence-electron chi connectivity index (χ4n) is 3.63. The second-order valence-electron chi connectivity index (χ2n) is 7.71. The van der Waals surface area contributed by atoms with Gasteiger partial charge in [0.05, 0.1) is 4.92 Å². The molecule has 2 aliphatic rings. The first-order chi connectivity index (χ1) is 16.3. The molecule has 2 aromatic carbocycles. The minimum absolute atomic E-state index is 0.0607. The highest BCUT2D eigenvalue weighted by atomic mass is 32.2. The summed E-state index contributed by atoms with van der Waals surface area (Å²) in [6, 6.07) is 12.8. The fraction of sp³-hybridized carbons (Fsp3) is 0.261. The molecule has 2 aromatic rings. The van der Waals surface area contributed by atoms with Gasteiger partial charge in [-0.05, 0) is 47.7 Å². The predicted molar refractivity (Wildman–Crippen MR) is 123 cm³/mol. The minimum Gasteiger partial charge on any atom is -0.484 e. The molecule has 2 aliphatic heterocycles. The number of carbonyl (C=O) groups excluding carboxylic acids is 3. The van der Waals surface area contributed by atoms with Gasteiger partial charge in [0.2, 0.25) is 5.91 Å².